The molecule has 1 aromatic rings. The van der Waals surface area contributed by atoms with E-state index in [4.69, 9.17) is 5.11 Å². The zero-order valence-corrected chi connectivity index (χ0v) is 12.4. The van der Waals surface area contributed by atoms with E-state index in [0.717, 1.165) is 4.31 Å². The molecular weight excluding hydrogens is 322 g/mol. The molecule has 0 heterocycles. The number of sulfonamides is 1. The van der Waals surface area contributed by atoms with Crippen molar-refractivity contribution < 1.29 is 18.3 Å². The summed E-state index contributed by atoms with van der Waals surface area (Å²) in [6.07, 6.45) is 0. The van der Waals surface area contributed by atoms with E-state index in [2.05, 4.69) is 15.9 Å². The average molecular weight is 336 g/mol. The summed E-state index contributed by atoms with van der Waals surface area (Å²) in [7, 11) is -3.66. The molecule has 1 unspecified atom stereocenters. The summed E-state index contributed by atoms with van der Waals surface area (Å²) >= 11 is 3.24. The number of nitrogens with zero attached hydrogens (tertiary/aromatic N) is 1. The number of hydrogen-bond donors (Lipinski definition) is 1. The summed E-state index contributed by atoms with van der Waals surface area (Å²) in [6.45, 7) is 2.82. The Balaban J connectivity index is 3.40. The Bertz CT molecular complexity index is 544. The highest BCUT2D eigenvalue weighted by molar-refractivity contribution is 9.10. The molecule has 18 heavy (non-hydrogen) atoms. The molecule has 0 aromatic heterocycles. The van der Waals surface area contributed by atoms with E-state index in [1.165, 1.54) is 13.8 Å². The molecule has 0 bridgehead atoms. The van der Waals surface area contributed by atoms with E-state index in [1.54, 1.807) is 24.3 Å². The van der Waals surface area contributed by atoms with Crippen LogP contribution in [0.3, 0.4) is 0 Å². The molecular formula is C11H14BrNO4S. The lowest BCUT2D eigenvalue weighted by atomic mass is 10.2. The van der Waals surface area contributed by atoms with Crippen LogP contribution in [0.1, 0.15) is 13.8 Å². The fraction of sp³-hybridized carbons (Fsp3) is 0.364. The Morgan fingerprint density at radius 2 is 2.00 bits per heavy atom. The van der Waals surface area contributed by atoms with Crippen LogP contribution in [0.2, 0.25) is 0 Å². The molecule has 0 aliphatic carbocycles. The van der Waals surface area contributed by atoms with E-state index in [9.17, 15) is 13.2 Å². The van der Waals surface area contributed by atoms with E-state index >= 15 is 0 Å². The Labute approximate surface area is 115 Å². The van der Waals surface area contributed by atoms with E-state index in [0.29, 0.717) is 10.2 Å². The molecule has 0 spiro atoms. The fourth-order valence-electron chi connectivity index (χ4n) is 1.47. The van der Waals surface area contributed by atoms with Gasteiger partial charge in [-0.1, -0.05) is 12.1 Å². The van der Waals surface area contributed by atoms with Crippen LogP contribution in [0.5, 0.6) is 0 Å². The molecule has 0 fully saturated rings. The van der Waals surface area contributed by atoms with Crippen LogP contribution in [-0.4, -0.2) is 31.3 Å². The van der Waals surface area contributed by atoms with Gasteiger partial charge in [0.1, 0.15) is 6.04 Å². The number of anilines is 1. The summed E-state index contributed by atoms with van der Waals surface area (Å²) in [5, 5.41) is 9.04. The third-order valence-corrected chi connectivity index (χ3v) is 4.98. The Kier molecular flexibility index (Phi) is 4.75. The molecule has 0 aliphatic heterocycles. The van der Waals surface area contributed by atoms with Gasteiger partial charge in [0.05, 0.1) is 11.4 Å². The monoisotopic (exact) mass is 335 g/mol. The second-order valence-corrected chi connectivity index (χ2v) is 6.65. The Morgan fingerprint density at radius 1 is 1.44 bits per heavy atom. The molecule has 5 nitrogen and oxygen atoms in total. The maximum Gasteiger partial charge on any atom is 0.327 e. The minimum absolute atomic E-state index is 0.161. The molecule has 0 saturated carbocycles. The second-order valence-electron chi connectivity index (χ2n) is 3.66. The van der Waals surface area contributed by atoms with Crippen LogP contribution in [0, 0.1) is 0 Å². The summed E-state index contributed by atoms with van der Waals surface area (Å²) in [5.74, 6) is -1.35. The number of aliphatic carboxylic acids is 1. The third kappa shape index (κ3) is 3.02. The molecule has 0 aliphatic rings. The van der Waals surface area contributed by atoms with E-state index < -0.39 is 22.0 Å². The maximum absolute atomic E-state index is 12.0. The SMILES string of the molecule is CCS(=O)(=O)N(c1ccccc1Br)C(C)C(=O)O. The predicted octanol–water partition coefficient (Wildman–Crippen LogP) is 2.08. The zero-order valence-electron chi connectivity index (χ0n) is 10.00. The first-order chi connectivity index (χ1) is 8.31. The topological polar surface area (TPSA) is 74.7 Å². The minimum Gasteiger partial charge on any atom is -0.480 e. The number of hydrogen-bond acceptors (Lipinski definition) is 3. The second kappa shape index (κ2) is 5.71. The highest BCUT2D eigenvalue weighted by atomic mass is 79.9. The van der Waals surface area contributed by atoms with Crippen molar-refractivity contribution in [3.63, 3.8) is 0 Å². The molecule has 100 valence electrons. The van der Waals surface area contributed by atoms with Gasteiger partial charge >= 0.3 is 5.97 Å². The number of para-hydroxylation sites is 1. The number of carbonyl (C=O) groups is 1. The fourth-order valence-corrected chi connectivity index (χ4v) is 3.37. The van der Waals surface area contributed by atoms with E-state index in [1.807, 2.05) is 0 Å². The van der Waals surface area contributed by atoms with Gasteiger partial charge in [0.25, 0.3) is 0 Å². The van der Waals surface area contributed by atoms with Gasteiger partial charge in [-0.15, -0.1) is 0 Å². The number of carboxylic acid groups (broad SMARTS) is 1. The van der Waals surface area contributed by atoms with Gasteiger partial charge in [0.2, 0.25) is 10.0 Å². The highest BCUT2D eigenvalue weighted by Gasteiger charge is 2.31. The van der Waals surface area contributed by atoms with Crippen LogP contribution in [0.4, 0.5) is 5.69 Å². The zero-order chi connectivity index (χ0) is 13.9. The van der Waals surface area contributed by atoms with Gasteiger partial charge in [-0.2, -0.15) is 0 Å². The number of benzene rings is 1. The average Bonchev–Trinajstić information content (AvgIpc) is 2.31. The van der Waals surface area contributed by atoms with Crippen LogP contribution in [0.25, 0.3) is 0 Å². The lowest BCUT2D eigenvalue weighted by Gasteiger charge is -2.28. The van der Waals surface area contributed by atoms with Gasteiger partial charge < -0.3 is 5.11 Å². The first-order valence-electron chi connectivity index (χ1n) is 5.30. The maximum atomic E-state index is 12.0. The summed E-state index contributed by atoms with van der Waals surface area (Å²) < 4.78 is 25.5. The molecule has 0 radical (unpaired) electrons. The van der Waals surface area contributed by atoms with Crippen molar-refractivity contribution >= 4 is 37.6 Å². The van der Waals surface area contributed by atoms with Crippen molar-refractivity contribution in [3.8, 4) is 0 Å². The summed E-state index contributed by atoms with van der Waals surface area (Å²) in [5.41, 5.74) is 0.328. The van der Waals surface area contributed by atoms with Gasteiger partial charge in [-0.3, -0.25) is 4.31 Å². The van der Waals surface area contributed by atoms with E-state index in [-0.39, 0.29) is 5.75 Å². The van der Waals surface area contributed by atoms with Crippen molar-refractivity contribution in [1.29, 1.82) is 0 Å². The van der Waals surface area contributed by atoms with Crippen molar-refractivity contribution in [2.75, 3.05) is 10.1 Å². The first-order valence-corrected chi connectivity index (χ1v) is 7.71. The summed E-state index contributed by atoms with van der Waals surface area (Å²) in [6, 6.07) is 5.47. The molecule has 1 atom stereocenters. The number of carboxylic acids is 1. The number of halogens is 1. The van der Waals surface area contributed by atoms with Crippen molar-refractivity contribution in [2.24, 2.45) is 0 Å². The largest absolute Gasteiger partial charge is 0.480 e. The normalized spacial score (nSPS) is 13.1. The minimum atomic E-state index is -3.66. The molecule has 0 saturated heterocycles. The lowest BCUT2D eigenvalue weighted by molar-refractivity contribution is -0.137. The van der Waals surface area contributed by atoms with Gasteiger partial charge in [-0.05, 0) is 41.9 Å². The smallest absolute Gasteiger partial charge is 0.327 e. The third-order valence-electron chi connectivity index (χ3n) is 2.46. The molecule has 1 aromatic carbocycles. The van der Waals surface area contributed by atoms with Crippen molar-refractivity contribution in [2.45, 2.75) is 19.9 Å². The quantitative estimate of drug-likeness (QED) is 0.893. The molecule has 1 rings (SSSR count). The lowest BCUT2D eigenvalue weighted by Crippen LogP contribution is -2.44. The highest BCUT2D eigenvalue weighted by Crippen LogP contribution is 2.29. The summed E-state index contributed by atoms with van der Waals surface area (Å²) in [4.78, 5) is 11.1. The van der Waals surface area contributed by atoms with Crippen LogP contribution in [-0.2, 0) is 14.8 Å². The first kappa shape index (κ1) is 15.0. The molecule has 7 heteroatoms. The van der Waals surface area contributed by atoms with Crippen LogP contribution < -0.4 is 4.31 Å². The van der Waals surface area contributed by atoms with Crippen LogP contribution >= 0.6 is 15.9 Å². The number of rotatable bonds is 5. The van der Waals surface area contributed by atoms with Gasteiger partial charge in [-0.25, -0.2) is 13.2 Å². The van der Waals surface area contributed by atoms with Gasteiger partial charge in [0.15, 0.2) is 0 Å². The standard InChI is InChI=1S/C11H14BrNO4S/c1-3-18(16,17)13(8(2)11(14)15)10-7-5-4-6-9(10)12/h4-8H,3H2,1-2H3,(H,14,15). The van der Waals surface area contributed by atoms with Gasteiger partial charge in [0, 0.05) is 4.47 Å². The van der Waals surface area contributed by atoms with Crippen molar-refractivity contribution in [3.05, 3.63) is 28.7 Å². The predicted molar refractivity (Wildman–Crippen MR) is 73.2 cm³/mol. The Hall–Kier alpha value is -1.08. The van der Waals surface area contributed by atoms with Crippen molar-refractivity contribution in [1.82, 2.24) is 0 Å². The molecule has 0 amide bonds. The molecule has 1 N–H and O–H groups in total. The van der Waals surface area contributed by atoms with Crippen LogP contribution in [0.15, 0.2) is 28.7 Å². The Morgan fingerprint density at radius 3 is 2.44 bits per heavy atom.